The minimum Gasteiger partial charge on any atom is -0.341 e. The van der Waals surface area contributed by atoms with Crippen molar-refractivity contribution in [2.24, 2.45) is 0 Å². The van der Waals surface area contributed by atoms with Gasteiger partial charge in [0.2, 0.25) is 0 Å². The standard InChI is InChI=1S/C6H5N3O/c1-4(10)6-5(2-7)8-3-9-6/h3H,1H3,(H,8,9). The molecule has 50 valence electrons. The third-order valence-electron chi connectivity index (χ3n) is 1.10. The second kappa shape index (κ2) is 2.31. The SMILES string of the molecule is CC(=O)c1[nH]cnc1C#N. The number of H-pyrrole nitrogens is 1. The van der Waals surface area contributed by atoms with E-state index >= 15 is 0 Å². The maximum Gasteiger partial charge on any atom is 0.178 e. The molecule has 0 bridgehead atoms. The zero-order chi connectivity index (χ0) is 7.56. The Hall–Kier alpha value is -1.63. The van der Waals surface area contributed by atoms with Gasteiger partial charge in [0.1, 0.15) is 11.8 Å². The summed E-state index contributed by atoms with van der Waals surface area (Å²) in [6.07, 6.45) is 1.33. The molecular weight excluding hydrogens is 130 g/mol. The van der Waals surface area contributed by atoms with Crippen molar-refractivity contribution in [1.82, 2.24) is 9.97 Å². The van der Waals surface area contributed by atoms with Crippen LogP contribution >= 0.6 is 0 Å². The number of nitrogens with one attached hydrogen (secondary N) is 1. The Bertz CT molecular complexity index is 294. The van der Waals surface area contributed by atoms with E-state index in [1.54, 1.807) is 6.07 Å². The van der Waals surface area contributed by atoms with E-state index in [0.29, 0.717) is 0 Å². The number of rotatable bonds is 1. The maximum atomic E-state index is 10.7. The molecule has 0 atom stereocenters. The van der Waals surface area contributed by atoms with Crippen LogP contribution in [0.25, 0.3) is 0 Å². The number of Topliss-reactive ketones (excluding diaryl/α,β-unsaturated/α-hetero) is 1. The van der Waals surface area contributed by atoms with Gasteiger partial charge in [-0.3, -0.25) is 4.79 Å². The Balaban J connectivity index is 3.17. The van der Waals surface area contributed by atoms with Crippen LogP contribution in [-0.4, -0.2) is 15.8 Å². The van der Waals surface area contributed by atoms with Gasteiger partial charge in [0.25, 0.3) is 0 Å². The molecule has 0 unspecified atom stereocenters. The van der Waals surface area contributed by atoms with Crippen molar-refractivity contribution >= 4 is 5.78 Å². The fraction of sp³-hybridized carbons (Fsp3) is 0.167. The third-order valence-corrected chi connectivity index (χ3v) is 1.10. The van der Waals surface area contributed by atoms with Crippen LogP contribution in [0.1, 0.15) is 23.1 Å². The molecule has 0 fully saturated rings. The lowest BCUT2D eigenvalue weighted by Crippen LogP contribution is -1.94. The van der Waals surface area contributed by atoms with Crippen molar-refractivity contribution in [3.05, 3.63) is 17.7 Å². The average molecular weight is 135 g/mol. The van der Waals surface area contributed by atoms with E-state index in [4.69, 9.17) is 5.26 Å². The molecule has 0 aliphatic heterocycles. The first kappa shape index (κ1) is 6.49. The van der Waals surface area contributed by atoms with Gasteiger partial charge < -0.3 is 4.98 Å². The average Bonchev–Trinajstić information content (AvgIpc) is 2.33. The predicted octanol–water partition coefficient (Wildman–Crippen LogP) is 0.484. The minimum atomic E-state index is -0.172. The molecule has 4 heteroatoms. The molecule has 0 spiro atoms. The molecule has 4 nitrogen and oxygen atoms in total. The molecule has 1 rings (SSSR count). The number of nitrogens with zero attached hydrogens (tertiary/aromatic N) is 2. The van der Waals surface area contributed by atoms with Crippen molar-refractivity contribution in [2.45, 2.75) is 6.92 Å². The molecule has 1 aromatic rings. The van der Waals surface area contributed by atoms with Gasteiger partial charge in [0, 0.05) is 6.92 Å². The van der Waals surface area contributed by atoms with Gasteiger partial charge in [0.15, 0.2) is 11.5 Å². The Morgan fingerprint density at radius 2 is 2.60 bits per heavy atom. The molecule has 0 saturated carbocycles. The second-order valence-corrected chi connectivity index (χ2v) is 1.79. The highest BCUT2D eigenvalue weighted by Crippen LogP contribution is 2.00. The number of nitriles is 1. The first-order valence-corrected chi connectivity index (χ1v) is 2.70. The lowest BCUT2D eigenvalue weighted by atomic mass is 10.3. The first-order chi connectivity index (χ1) is 4.75. The molecule has 0 amide bonds. The normalized spacial score (nSPS) is 8.80. The largest absolute Gasteiger partial charge is 0.341 e. The molecule has 1 aromatic heterocycles. The third kappa shape index (κ3) is 0.890. The topological polar surface area (TPSA) is 69.5 Å². The molecule has 1 heterocycles. The fourth-order valence-corrected chi connectivity index (χ4v) is 0.647. The quantitative estimate of drug-likeness (QED) is 0.569. The molecule has 0 aromatic carbocycles. The van der Waals surface area contributed by atoms with Crippen LogP contribution in [0, 0.1) is 11.3 Å². The van der Waals surface area contributed by atoms with E-state index in [1.807, 2.05) is 0 Å². The van der Waals surface area contributed by atoms with Crippen LogP contribution in [0.5, 0.6) is 0 Å². The van der Waals surface area contributed by atoms with Crippen molar-refractivity contribution in [2.75, 3.05) is 0 Å². The molecule has 1 N–H and O–H groups in total. The summed E-state index contributed by atoms with van der Waals surface area (Å²) in [5.74, 6) is -0.172. The lowest BCUT2D eigenvalue weighted by molar-refractivity contribution is 0.101. The zero-order valence-electron chi connectivity index (χ0n) is 5.38. The van der Waals surface area contributed by atoms with Crippen LogP contribution in [-0.2, 0) is 0 Å². The highest BCUT2D eigenvalue weighted by atomic mass is 16.1. The summed E-state index contributed by atoms with van der Waals surface area (Å²) in [6, 6.07) is 1.79. The number of hydrogen-bond acceptors (Lipinski definition) is 3. The number of ketones is 1. The van der Waals surface area contributed by atoms with Crippen LogP contribution in [0.3, 0.4) is 0 Å². The summed E-state index contributed by atoms with van der Waals surface area (Å²) in [7, 11) is 0. The number of aromatic nitrogens is 2. The Labute approximate surface area is 57.5 Å². The monoisotopic (exact) mass is 135 g/mol. The summed E-state index contributed by atoms with van der Waals surface area (Å²) in [5.41, 5.74) is 0.440. The fourth-order valence-electron chi connectivity index (χ4n) is 0.647. The van der Waals surface area contributed by atoms with E-state index < -0.39 is 0 Å². The number of imidazole rings is 1. The zero-order valence-corrected chi connectivity index (χ0v) is 5.38. The molecule has 0 aliphatic rings. The van der Waals surface area contributed by atoms with Gasteiger partial charge in [-0.25, -0.2) is 4.98 Å². The van der Waals surface area contributed by atoms with Crippen LogP contribution in [0.4, 0.5) is 0 Å². The van der Waals surface area contributed by atoms with Crippen molar-refractivity contribution in [1.29, 1.82) is 5.26 Å². The first-order valence-electron chi connectivity index (χ1n) is 2.70. The van der Waals surface area contributed by atoms with E-state index in [1.165, 1.54) is 13.3 Å². The highest BCUT2D eigenvalue weighted by Gasteiger charge is 2.07. The molecule has 0 radical (unpaired) electrons. The summed E-state index contributed by atoms with van der Waals surface area (Å²) >= 11 is 0. The molecule has 0 saturated heterocycles. The van der Waals surface area contributed by atoms with Gasteiger partial charge in [-0.1, -0.05) is 0 Å². The van der Waals surface area contributed by atoms with E-state index in [0.717, 1.165) is 0 Å². The Morgan fingerprint density at radius 1 is 1.90 bits per heavy atom. The molecule has 0 aliphatic carbocycles. The summed E-state index contributed by atoms with van der Waals surface area (Å²) in [6.45, 7) is 1.38. The minimum absolute atomic E-state index is 0.160. The number of carbonyl (C=O) groups is 1. The lowest BCUT2D eigenvalue weighted by Gasteiger charge is -1.84. The number of hydrogen-bond donors (Lipinski definition) is 1. The van der Waals surface area contributed by atoms with Gasteiger partial charge in [-0.15, -0.1) is 0 Å². The van der Waals surface area contributed by atoms with Gasteiger partial charge in [0.05, 0.1) is 6.33 Å². The van der Waals surface area contributed by atoms with Crippen LogP contribution in [0.15, 0.2) is 6.33 Å². The van der Waals surface area contributed by atoms with E-state index in [9.17, 15) is 4.79 Å². The Kier molecular flexibility index (Phi) is 1.50. The van der Waals surface area contributed by atoms with Gasteiger partial charge in [-0.2, -0.15) is 5.26 Å². The van der Waals surface area contributed by atoms with Crippen LogP contribution < -0.4 is 0 Å². The summed E-state index contributed by atoms with van der Waals surface area (Å²) in [5, 5.41) is 8.37. The summed E-state index contributed by atoms with van der Waals surface area (Å²) in [4.78, 5) is 16.9. The second-order valence-electron chi connectivity index (χ2n) is 1.79. The highest BCUT2D eigenvalue weighted by molar-refractivity contribution is 5.93. The number of carbonyl (C=O) groups excluding carboxylic acids is 1. The summed E-state index contributed by atoms with van der Waals surface area (Å²) < 4.78 is 0. The Morgan fingerprint density at radius 3 is 3.00 bits per heavy atom. The molecule has 10 heavy (non-hydrogen) atoms. The van der Waals surface area contributed by atoms with Crippen LogP contribution in [0.2, 0.25) is 0 Å². The van der Waals surface area contributed by atoms with Gasteiger partial charge >= 0.3 is 0 Å². The van der Waals surface area contributed by atoms with Crippen molar-refractivity contribution < 1.29 is 4.79 Å². The van der Waals surface area contributed by atoms with Gasteiger partial charge in [-0.05, 0) is 0 Å². The smallest absolute Gasteiger partial charge is 0.178 e. The number of aromatic amines is 1. The van der Waals surface area contributed by atoms with Crippen molar-refractivity contribution in [3.63, 3.8) is 0 Å². The van der Waals surface area contributed by atoms with E-state index in [-0.39, 0.29) is 17.2 Å². The van der Waals surface area contributed by atoms with Crippen molar-refractivity contribution in [3.8, 4) is 6.07 Å². The van der Waals surface area contributed by atoms with E-state index in [2.05, 4.69) is 9.97 Å². The predicted molar refractivity (Wildman–Crippen MR) is 33.3 cm³/mol. The molecular formula is C6H5N3O. The maximum absolute atomic E-state index is 10.7.